The van der Waals surface area contributed by atoms with Gasteiger partial charge in [0, 0.05) is 32.1 Å². The molecule has 0 spiro atoms. The Morgan fingerprint density at radius 3 is 2.85 bits per heavy atom. The maximum absolute atomic E-state index is 8.98. The lowest BCUT2D eigenvalue weighted by Gasteiger charge is -2.36. The average molecular weight is 266 g/mol. The van der Waals surface area contributed by atoms with Crippen LogP contribution in [0.15, 0.2) is 18.2 Å². The SMILES string of the molecule is N#Cc1ccc2c(c1)nc1n2CCN(C2CCC2)CC1. The Kier molecular flexibility index (Phi) is 2.75. The summed E-state index contributed by atoms with van der Waals surface area (Å²) in [6, 6.07) is 8.85. The van der Waals surface area contributed by atoms with E-state index in [1.807, 2.05) is 18.2 Å². The molecule has 0 amide bonds. The zero-order chi connectivity index (χ0) is 13.5. The zero-order valence-corrected chi connectivity index (χ0v) is 11.5. The number of aromatic nitrogens is 2. The van der Waals surface area contributed by atoms with E-state index in [1.54, 1.807) is 0 Å². The Bertz CT molecular complexity index is 690. The number of nitrogens with zero attached hydrogens (tertiary/aromatic N) is 4. The summed E-state index contributed by atoms with van der Waals surface area (Å²) in [7, 11) is 0. The first kappa shape index (κ1) is 11.9. The van der Waals surface area contributed by atoms with Crippen LogP contribution in [0.5, 0.6) is 0 Å². The molecule has 1 aromatic heterocycles. The van der Waals surface area contributed by atoms with Crippen LogP contribution in [0.2, 0.25) is 0 Å². The summed E-state index contributed by atoms with van der Waals surface area (Å²) in [6.45, 7) is 3.27. The molecule has 4 nitrogen and oxygen atoms in total. The van der Waals surface area contributed by atoms with E-state index >= 15 is 0 Å². The third-order valence-electron chi connectivity index (χ3n) is 4.78. The van der Waals surface area contributed by atoms with Gasteiger partial charge in [-0.25, -0.2) is 4.98 Å². The lowest BCUT2D eigenvalue weighted by atomic mass is 9.91. The summed E-state index contributed by atoms with van der Waals surface area (Å²) in [5, 5.41) is 8.98. The molecule has 0 unspecified atom stereocenters. The van der Waals surface area contributed by atoms with Crippen LogP contribution in [-0.4, -0.2) is 33.6 Å². The number of hydrogen-bond acceptors (Lipinski definition) is 3. The Labute approximate surface area is 118 Å². The Morgan fingerprint density at radius 1 is 1.20 bits per heavy atom. The fraction of sp³-hybridized carbons (Fsp3) is 0.500. The molecule has 0 bridgehead atoms. The van der Waals surface area contributed by atoms with Crippen LogP contribution < -0.4 is 0 Å². The second-order valence-electron chi connectivity index (χ2n) is 5.87. The predicted octanol–water partition coefficient (Wildman–Crippen LogP) is 2.32. The molecule has 1 aromatic carbocycles. The number of imidazole rings is 1. The molecule has 2 aromatic rings. The standard InChI is InChI=1S/C16H18N4/c17-11-12-4-5-15-14(10-12)18-16-6-7-19(8-9-20(15)16)13-2-1-3-13/h4-5,10,13H,1-3,6-9H2. The monoisotopic (exact) mass is 266 g/mol. The van der Waals surface area contributed by atoms with Crippen molar-refractivity contribution in [2.75, 3.05) is 13.1 Å². The Balaban J connectivity index is 1.66. The first-order chi connectivity index (χ1) is 9.85. The van der Waals surface area contributed by atoms with Crippen molar-refractivity contribution < 1.29 is 0 Å². The summed E-state index contributed by atoms with van der Waals surface area (Å²) in [4.78, 5) is 7.38. The van der Waals surface area contributed by atoms with Crippen molar-refractivity contribution in [3.05, 3.63) is 29.6 Å². The predicted molar refractivity (Wildman–Crippen MR) is 77.4 cm³/mol. The Hall–Kier alpha value is -1.86. The van der Waals surface area contributed by atoms with Crippen LogP contribution in [0.3, 0.4) is 0 Å². The van der Waals surface area contributed by atoms with Gasteiger partial charge in [-0.2, -0.15) is 5.26 Å². The van der Waals surface area contributed by atoms with Gasteiger partial charge in [0.2, 0.25) is 0 Å². The summed E-state index contributed by atoms with van der Waals surface area (Å²) in [5.41, 5.74) is 2.84. The highest BCUT2D eigenvalue weighted by molar-refractivity contribution is 5.77. The second kappa shape index (κ2) is 4.60. The van der Waals surface area contributed by atoms with Crippen molar-refractivity contribution in [2.45, 2.75) is 38.3 Å². The van der Waals surface area contributed by atoms with Crippen molar-refractivity contribution in [2.24, 2.45) is 0 Å². The van der Waals surface area contributed by atoms with Crippen LogP contribution in [0.1, 0.15) is 30.7 Å². The first-order valence-electron chi connectivity index (χ1n) is 7.48. The second-order valence-corrected chi connectivity index (χ2v) is 5.87. The molecule has 4 heteroatoms. The first-order valence-corrected chi connectivity index (χ1v) is 7.48. The lowest BCUT2D eigenvalue weighted by Crippen LogP contribution is -2.41. The summed E-state index contributed by atoms with van der Waals surface area (Å²) in [6.07, 6.45) is 5.15. The summed E-state index contributed by atoms with van der Waals surface area (Å²) >= 11 is 0. The van der Waals surface area contributed by atoms with Crippen molar-refractivity contribution >= 4 is 11.0 Å². The normalized spacial score (nSPS) is 20.1. The van der Waals surface area contributed by atoms with Gasteiger partial charge in [0.05, 0.1) is 22.7 Å². The Morgan fingerprint density at radius 2 is 2.10 bits per heavy atom. The summed E-state index contributed by atoms with van der Waals surface area (Å²) < 4.78 is 2.34. The molecule has 0 saturated heterocycles. The van der Waals surface area contributed by atoms with E-state index in [1.165, 1.54) is 30.6 Å². The van der Waals surface area contributed by atoms with Gasteiger partial charge in [0.25, 0.3) is 0 Å². The van der Waals surface area contributed by atoms with E-state index in [2.05, 4.69) is 15.5 Å². The largest absolute Gasteiger partial charge is 0.327 e. The van der Waals surface area contributed by atoms with Crippen molar-refractivity contribution in [1.29, 1.82) is 5.26 Å². The molecule has 0 N–H and O–H groups in total. The molecule has 20 heavy (non-hydrogen) atoms. The zero-order valence-electron chi connectivity index (χ0n) is 11.5. The van der Waals surface area contributed by atoms with E-state index in [4.69, 9.17) is 10.2 Å². The third-order valence-corrected chi connectivity index (χ3v) is 4.78. The maximum Gasteiger partial charge on any atom is 0.111 e. The van der Waals surface area contributed by atoms with Crippen LogP contribution in [0.4, 0.5) is 0 Å². The van der Waals surface area contributed by atoms with Gasteiger partial charge in [-0.05, 0) is 31.0 Å². The smallest absolute Gasteiger partial charge is 0.111 e. The van der Waals surface area contributed by atoms with Crippen molar-refractivity contribution in [1.82, 2.24) is 14.5 Å². The fourth-order valence-corrected chi connectivity index (χ4v) is 3.39. The van der Waals surface area contributed by atoms with Gasteiger partial charge < -0.3 is 4.57 Å². The maximum atomic E-state index is 8.98. The number of benzene rings is 1. The number of rotatable bonds is 1. The minimum atomic E-state index is 0.696. The van der Waals surface area contributed by atoms with Gasteiger partial charge in [0.1, 0.15) is 5.82 Å². The topological polar surface area (TPSA) is 44.9 Å². The van der Waals surface area contributed by atoms with E-state index in [-0.39, 0.29) is 0 Å². The van der Waals surface area contributed by atoms with Gasteiger partial charge in [-0.3, -0.25) is 4.90 Å². The summed E-state index contributed by atoms with van der Waals surface area (Å²) in [5.74, 6) is 1.18. The van der Waals surface area contributed by atoms with Crippen molar-refractivity contribution in [3.63, 3.8) is 0 Å². The van der Waals surface area contributed by atoms with Crippen LogP contribution in [0.25, 0.3) is 11.0 Å². The van der Waals surface area contributed by atoms with Crippen LogP contribution in [-0.2, 0) is 13.0 Å². The van der Waals surface area contributed by atoms with Gasteiger partial charge in [0.15, 0.2) is 0 Å². The highest BCUT2D eigenvalue weighted by atomic mass is 15.2. The molecule has 0 radical (unpaired) electrons. The third kappa shape index (κ3) is 1.82. The highest BCUT2D eigenvalue weighted by Gasteiger charge is 2.27. The minimum absolute atomic E-state index is 0.696. The van der Waals surface area contributed by atoms with Crippen LogP contribution in [0, 0.1) is 11.3 Å². The van der Waals surface area contributed by atoms with Gasteiger partial charge in [-0.1, -0.05) is 6.42 Å². The molecule has 1 aliphatic heterocycles. The molecular weight excluding hydrogens is 248 g/mol. The molecule has 1 fully saturated rings. The molecule has 102 valence electrons. The molecule has 4 rings (SSSR count). The molecule has 2 heterocycles. The fourth-order valence-electron chi connectivity index (χ4n) is 3.39. The van der Waals surface area contributed by atoms with E-state index in [0.29, 0.717) is 5.56 Å². The number of nitriles is 1. The average Bonchev–Trinajstić information content (AvgIpc) is 2.64. The quantitative estimate of drug-likeness (QED) is 0.795. The van der Waals surface area contributed by atoms with Crippen LogP contribution >= 0.6 is 0 Å². The van der Waals surface area contributed by atoms with E-state index in [0.717, 1.165) is 37.6 Å². The number of fused-ring (bicyclic) bond motifs is 3. The number of hydrogen-bond donors (Lipinski definition) is 0. The molecule has 1 saturated carbocycles. The lowest BCUT2D eigenvalue weighted by molar-refractivity contribution is 0.130. The van der Waals surface area contributed by atoms with Crippen molar-refractivity contribution in [3.8, 4) is 6.07 Å². The van der Waals surface area contributed by atoms with Gasteiger partial charge in [-0.15, -0.1) is 0 Å². The van der Waals surface area contributed by atoms with E-state index < -0.39 is 0 Å². The minimum Gasteiger partial charge on any atom is -0.327 e. The van der Waals surface area contributed by atoms with E-state index in [9.17, 15) is 0 Å². The molecular formula is C16H18N4. The van der Waals surface area contributed by atoms with Gasteiger partial charge >= 0.3 is 0 Å². The molecule has 1 aliphatic carbocycles. The highest BCUT2D eigenvalue weighted by Crippen LogP contribution is 2.27. The molecule has 2 aliphatic rings. The molecule has 0 atom stereocenters.